The number of unbranched alkanes of at least 4 members (excludes halogenated alkanes) is 3. The van der Waals surface area contributed by atoms with Gasteiger partial charge in [0, 0.05) is 12.5 Å². The summed E-state index contributed by atoms with van der Waals surface area (Å²) in [6.45, 7) is 4.66. The van der Waals surface area contributed by atoms with E-state index in [9.17, 15) is 4.79 Å². The molecular formula is C14H27NO. The van der Waals surface area contributed by atoms with Gasteiger partial charge in [-0.15, -0.1) is 0 Å². The first-order valence-corrected chi connectivity index (χ1v) is 7.06. The summed E-state index contributed by atoms with van der Waals surface area (Å²) in [5.74, 6) is 0. The molecule has 1 saturated heterocycles. The second-order valence-electron chi connectivity index (χ2n) is 4.99. The summed E-state index contributed by atoms with van der Waals surface area (Å²) in [5.41, 5.74) is 0. The quantitative estimate of drug-likeness (QED) is 0.466. The van der Waals surface area contributed by atoms with Crippen LogP contribution in [0.3, 0.4) is 0 Å². The Morgan fingerprint density at radius 2 is 2.12 bits per heavy atom. The van der Waals surface area contributed by atoms with Gasteiger partial charge in [0.25, 0.3) is 0 Å². The number of hydrogen-bond acceptors (Lipinski definition) is 2. The Morgan fingerprint density at radius 3 is 2.88 bits per heavy atom. The lowest BCUT2D eigenvalue weighted by atomic mass is 9.96. The van der Waals surface area contributed by atoms with Crippen molar-refractivity contribution in [2.24, 2.45) is 0 Å². The van der Waals surface area contributed by atoms with Crippen LogP contribution in [0, 0.1) is 0 Å². The number of likely N-dealkylation sites (tertiary alicyclic amines) is 1. The Labute approximate surface area is 100 Å². The average Bonchev–Trinajstić information content (AvgIpc) is 2.32. The summed E-state index contributed by atoms with van der Waals surface area (Å²) < 4.78 is 0. The molecular weight excluding hydrogens is 198 g/mol. The van der Waals surface area contributed by atoms with E-state index in [4.69, 9.17) is 0 Å². The Hall–Kier alpha value is -0.370. The molecule has 0 spiro atoms. The van der Waals surface area contributed by atoms with Crippen molar-refractivity contribution in [3.63, 3.8) is 0 Å². The van der Waals surface area contributed by atoms with Crippen molar-refractivity contribution < 1.29 is 4.79 Å². The van der Waals surface area contributed by atoms with Crippen LogP contribution in [0.4, 0.5) is 0 Å². The average molecular weight is 225 g/mol. The van der Waals surface area contributed by atoms with E-state index in [0.29, 0.717) is 0 Å². The minimum Gasteiger partial charge on any atom is -0.303 e. The van der Waals surface area contributed by atoms with Crippen LogP contribution in [0.2, 0.25) is 0 Å². The van der Waals surface area contributed by atoms with Crippen LogP contribution >= 0.6 is 0 Å². The molecule has 0 aliphatic carbocycles. The fraction of sp³-hybridized carbons (Fsp3) is 0.929. The summed E-state index contributed by atoms with van der Waals surface area (Å²) in [7, 11) is 0. The standard InChI is InChI=1S/C14H27NO/c1-2-3-4-9-14-10-5-6-11-15(14)12-7-8-13-16/h13-14H,2-12H2,1H3. The maximum Gasteiger partial charge on any atom is 0.120 e. The lowest BCUT2D eigenvalue weighted by molar-refractivity contribution is -0.108. The van der Waals surface area contributed by atoms with Crippen molar-refractivity contribution in [1.82, 2.24) is 4.90 Å². The third kappa shape index (κ3) is 5.11. The van der Waals surface area contributed by atoms with E-state index >= 15 is 0 Å². The Kier molecular flexibility index (Phi) is 7.48. The van der Waals surface area contributed by atoms with E-state index in [1.54, 1.807) is 0 Å². The minimum atomic E-state index is 0.734. The zero-order chi connectivity index (χ0) is 11.6. The lowest BCUT2D eigenvalue weighted by Crippen LogP contribution is -2.40. The fourth-order valence-corrected chi connectivity index (χ4v) is 2.69. The van der Waals surface area contributed by atoms with E-state index in [1.165, 1.54) is 51.5 Å². The number of piperidine rings is 1. The van der Waals surface area contributed by atoms with Crippen molar-refractivity contribution in [1.29, 1.82) is 0 Å². The van der Waals surface area contributed by atoms with Crippen LogP contribution in [0.15, 0.2) is 0 Å². The van der Waals surface area contributed by atoms with Crippen molar-refractivity contribution >= 4 is 6.29 Å². The molecule has 0 amide bonds. The maximum absolute atomic E-state index is 10.3. The third-order valence-corrected chi connectivity index (χ3v) is 3.66. The zero-order valence-electron chi connectivity index (χ0n) is 10.8. The molecule has 94 valence electrons. The molecule has 0 aromatic carbocycles. The van der Waals surface area contributed by atoms with Crippen LogP contribution in [0.1, 0.15) is 64.7 Å². The van der Waals surface area contributed by atoms with Gasteiger partial charge in [-0.2, -0.15) is 0 Å². The zero-order valence-corrected chi connectivity index (χ0v) is 10.8. The second-order valence-corrected chi connectivity index (χ2v) is 4.99. The molecule has 1 rings (SSSR count). The van der Waals surface area contributed by atoms with Gasteiger partial charge in [-0.1, -0.05) is 32.6 Å². The van der Waals surface area contributed by atoms with Gasteiger partial charge in [0.05, 0.1) is 0 Å². The van der Waals surface area contributed by atoms with Crippen molar-refractivity contribution in [3.05, 3.63) is 0 Å². The molecule has 2 nitrogen and oxygen atoms in total. The number of aldehydes is 1. The molecule has 1 unspecified atom stereocenters. The number of nitrogens with zero attached hydrogens (tertiary/aromatic N) is 1. The summed E-state index contributed by atoms with van der Waals surface area (Å²) in [4.78, 5) is 12.9. The Morgan fingerprint density at radius 1 is 1.25 bits per heavy atom. The smallest absolute Gasteiger partial charge is 0.120 e. The van der Waals surface area contributed by atoms with Crippen molar-refractivity contribution in [2.75, 3.05) is 13.1 Å². The molecule has 2 heteroatoms. The van der Waals surface area contributed by atoms with Crippen LogP contribution in [0.25, 0.3) is 0 Å². The van der Waals surface area contributed by atoms with E-state index in [2.05, 4.69) is 11.8 Å². The predicted octanol–water partition coefficient (Wildman–Crippen LogP) is 3.40. The molecule has 0 aromatic rings. The van der Waals surface area contributed by atoms with Gasteiger partial charge in [0.1, 0.15) is 6.29 Å². The number of rotatable bonds is 8. The molecule has 0 saturated carbocycles. The SMILES string of the molecule is CCCCCC1CCCCN1CCCC=O. The highest BCUT2D eigenvalue weighted by molar-refractivity contribution is 5.48. The van der Waals surface area contributed by atoms with Crippen molar-refractivity contribution in [2.45, 2.75) is 70.8 Å². The van der Waals surface area contributed by atoms with Gasteiger partial charge in [0.15, 0.2) is 0 Å². The van der Waals surface area contributed by atoms with E-state index < -0.39 is 0 Å². The van der Waals surface area contributed by atoms with Crippen LogP contribution in [-0.4, -0.2) is 30.3 Å². The van der Waals surface area contributed by atoms with Crippen molar-refractivity contribution in [3.8, 4) is 0 Å². The largest absolute Gasteiger partial charge is 0.303 e. The fourth-order valence-electron chi connectivity index (χ4n) is 2.69. The lowest BCUT2D eigenvalue weighted by Gasteiger charge is -2.35. The highest BCUT2D eigenvalue weighted by atomic mass is 16.1. The maximum atomic E-state index is 10.3. The summed E-state index contributed by atoms with van der Waals surface area (Å²) >= 11 is 0. The second kappa shape index (κ2) is 8.74. The summed E-state index contributed by atoms with van der Waals surface area (Å²) in [6, 6.07) is 0.812. The van der Waals surface area contributed by atoms with Gasteiger partial charge < -0.3 is 9.69 Å². The molecule has 1 heterocycles. The van der Waals surface area contributed by atoms with Gasteiger partial charge in [-0.05, 0) is 38.8 Å². The molecule has 0 N–H and O–H groups in total. The molecule has 1 aliphatic heterocycles. The Balaban J connectivity index is 2.23. The topological polar surface area (TPSA) is 20.3 Å². The number of carbonyl (C=O) groups excluding carboxylic acids is 1. The summed E-state index contributed by atoms with van der Waals surface area (Å²) in [5, 5.41) is 0. The van der Waals surface area contributed by atoms with Gasteiger partial charge >= 0.3 is 0 Å². The van der Waals surface area contributed by atoms with E-state index in [0.717, 1.165) is 31.7 Å². The normalized spacial score (nSPS) is 22.2. The van der Waals surface area contributed by atoms with Crippen LogP contribution < -0.4 is 0 Å². The molecule has 0 bridgehead atoms. The molecule has 0 radical (unpaired) electrons. The molecule has 1 aliphatic rings. The third-order valence-electron chi connectivity index (χ3n) is 3.66. The highest BCUT2D eigenvalue weighted by Crippen LogP contribution is 2.22. The molecule has 16 heavy (non-hydrogen) atoms. The first-order valence-electron chi connectivity index (χ1n) is 7.06. The van der Waals surface area contributed by atoms with Gasteiger partial charge in [0.2, 0.25) is 0 Å². The van der Waals surface area contributed by atoms with Crippen LogP contribution in [0.5, 0.6) is 0 Å². The first kappa shape index (κ1) is 13.7. The van der Waals surface area contributed by atoms with E-state index in [-0.39, 0.29) is 0 Å². The predicted molar refractivity (Wildman–Crippen MR) is 68.7 cm³/mol. The monoisotopic (exact) mass is 225 g/mol. The number of hydrogen-bond donors (Lipinski definition) is 0. The minimum absolute atomic E-state index is 0.734. The van der Waals surface area contributed by atoms with E-state index in [1.807, 2.05) is 0 Å². The van der Waals surface area contributed by atoms with Gasteiger partial charge in [-0.25, -0.2) is 0 Å². The molecule has 1 fully saturated rings. The highest BCUT2D eigenvalue weighted by Gasteiger charge is 2.20. The molecule has 0 aromatic heterocycles. The van der Waals surface area contributed by atoms with Crippen LogP contribution in [-0.2, 0) is 4.79 Å². The molecule has 1 atom stereocenters. The first-order chi connectivity index (χ1) is 7.88. The van der Waals surface area contributed by atoms with Gasteiger partial charge in [-0.3, -0.25) is 0 Å². The summed E-state index contributed by atoms with van der Waals surface area (Å²) in [6.07, 6.45) is 12.4. The number of carbonyl (C=O) groups is 1. The Bertz CT molecular complexity index is 182.